The quantitative estimate of drug-likeness (QED) is 0.791. The molecule has 0 fully saturated rings. The first kappa shape index (κ1) is 17.1. The Labute approximate surface area is 135 Å². The highest BCUT2D eigenvalue weighted by molar-refractivity contribution is 6.09. The topological polar surface area (TPSA) is 115 Å². The molecule has 124 valence electrons. The zero-order valence-electron chi connectivity index (χ0n) is 12.5. The number of carbonyl (C=O) groups is 3. The fourth-order valence-corrected chi connectivity index (χ4v) is 2.03. The number of amides is 3. The minimum atomic E-state index is -0.962. The molecule has 0 heterocycles. The molecule has 0 aliphatic heterocycles. The SMILES string of the molecule is Cc1cc(NC(=O)c2cc(C(N)=O)ccc2F)c(C(N)=O)cc1F. The first-order chi connectivity index (χ1) is 11.2. The van der Waals surface area contributed by atoms with Gasteiger partial charge in [0, 0.05) is 5.56 Å². The Kier molecular flexibility index (Phi) is 4.59. The molecule has 0 aromatic heterocycles. The van der Waals surface area contributed by atoms with E-state index in [2.05, 4.69) is 5.32 Å². The van der Waals surface area contributed by atoms with E-state index in [1.165, 1.54) is 13.0 Å². The van der Waals surface area contributed by atoms with Crippen molar-refractivity contribution in [3.05, 3.63) is 64.2 Å². The molecule has 0 aliphatic carbocycles. The van der Waals surface area contributed by atoms with Crippen molar-refractivity contribution in [3.63, 3.8) is 0 Å². The van der Waals surface area contributed by atoms with E-state index in [-0.39, 0.29) is 22.4 Å². The molecule has 0 atom stereocenters. The number of hydrogen-bond acceptors (Lipinski definition) is 3. The molecular formula is C16H13F2N3O3. The third-order valence-corrected chi connectivity index (χ3v) is 3.31. The molecule has 2 aromatic carbocycles. The molecule has 0 spiro atoms. The van der Waals surface area contributed by atoms with Gasteiger partial charge in [-0.25, -0.2) is 8.78 Å². The van der Waals surface area contributed by atoms with Gasteiger partial charge in [0.05, 0.1) is 16.8 Å². The average molecular weight is 333 g/mol. The summed E-state index contributed by atoms with van der Waals surface area (Å²) in [6.45, 7) is 1.42. The summed E-state index contributed by atoms with van der Waals surface area (Å²) in [5.74, 6) is -4.31. The number of primary amides is 2. The van der Waals surface area contributed by atoms with Gasteiger partial charge >= 0.3 is 0 Å². The summed E-state index contributed by atoms with van der Waals surface area (Å²) in [5.41, 5.74) is 9.54. The van der Waals surface area contributed by atoms with Gasteiger partial charge in [-0.1, -0.05) is 0 Å². The highest BCUT2D eigenvalue weighted by Crippen LogP contribution is 2.22. The molecule has 5 N–H and O–H groups in total. The van der Waals surface area contributed by atoms with E-state index >= 15 is 0 Å². The van der Waals surface area contributed by atoms with Gasteiger partial charge in [0.1, 0.15) is 11.6 Å². The predicted octanol–water partition coefficient (Wildman–Crippen LogP) is 1.72. The smallest absolute Gasteiger partial charge is 0.258 e. The lowest BCUT2D eigenvalue weighted by Gasteiger charge is -2.11. The van der Waals surface area contributed by atoms with Gasteiger partial charge in [-0.3, -0.25) is 14.4 Å². The Morgan fingerprint density at radius 3 is 2.17 bits per heavy atom. The largest absolute Gasteiger partial charge is 0.366 e. The van der Waals surface area contributed by atoms with E-state index < -0.39 is 34.9 Å². The summed E-state index contributed by atoms with van der Waals surface area (Å²) < 4.78 is 27.4. The van der Waals surface area contributed by atoms with Crippen LogP contribution < -0.4 is 16.8 Å². The van der Waals surface area contributed by atoms with E-state index in [4.69, 9.17) is 11.5 Å². The molecule has 2 aromatic rings. The van der Waals surface area contributed by atoms with Gasteiger partial charge in [-0.2, -0.15) is 0 Å². The molecule has 0 saturated carbocycles. The van der Waals surface area contributed by atoms with Crippen LogP contribution in [0.2, 0.25) is 0 Å². The Morgan fingerprint density at radius 2 is 1.58 bits per heavy atom. The minimum Gasteiger partial charge on any atom is -0.366 e. The third kappa shape index (κ3) is 3.37. The Morgan fingerprint density at radius 1 is 0.917 bits per heavy atom. The number of nitrogens with two attached hydrogens (primary N) is 2. The van der Waals surface area contributed by atoms with E-state index in [0.717, 1.165) is 24.3 Å². The van der Waals surface area contributed by atoms with Crippen molar-refractivity contribution in [2.24, 2.45) is 11.5 Å². The van der Waals surface area contributed by atoms with Crippen LogP contribution in [0.5, 0.6) is 0 Å². The van der Waals surface area contributed by atoms with E-state index in [0.29, 0.717) is 0 Å². The van der Waals surface area contributed by atoms with Crippen LogP contribution >= 0.6 is 0 Å². The molecule has 0 radical (unpaired) electrons. The number of hydrogen-bond donors (Lipinski definition) is 3. The van der Waals surface area contributed by atoms with Crippen LogP contribution in [-0.2, 0) is 0 Å². The standard InChI is InChI=1S/C16H13F2N3O3/c1-7-4-13(10(15(20)23)6-12(7)18)21-16(24)9-5-8(14(19)22)2-3-11(9)17/h2-6H,1H3,(H2,19,22)(H2,20,23)(H,21,24). The van der Waals surface area contributed by atoms with Crippen molar-refractivity contribution in [3.8, 4) is 0 Å². The van der Waals surface area contributed by atoms with Gasteiger partial charge in [-0.15, -0.1) is 0 Å². The lowest BCUT2D eigenvalue weighted by atomic mass is 10.1. The maximum absolute atomic E-state index is 13.8. The average Bonchev–Trinajstić information content (AvgIpc) is 2.50. The van der Waals surface area contributed by atoms with Crippen molar-refractivity contribution >= 4 is 23.4 Å². The van der Waals surface area contributed by atoms with Crippen molar-refractivity contribution < 1.29 is 23.2 Å². The monoisotopic (exact) mass is 333 g/mol. The van der Waals surface area contributed by atoms with Crippen molar-refractivity contribution in [1.29, 1.82) is 0 Å². The van der Waals surface area contributed by atoms with E-state index in [1.807, 2.05) is 0 Å². The highest BCUT2D eigenvalue weighted by Gasteiger charge is 2.18. The second-order valence-electron chi connectivity index (χ2n) is 5.02. The Balaban J connectivity index is 2.44. The molecule has 0 aliphatic rings. The van der Waals surface area contributed by atoms with Gasteiger partial charge in [0.15, 0.2) is 0 Å². The molecule has 2 rings (SSSR count). The van der Waals surface area contributed by atoms with Crippen molar-refractivity contribution in [2.45, 2.75) is 6.92 Å². The number of aryl methyl sites for hydroxylation is 1. The van der Waals surface area contributed by atoms with Crippen LogP contribution in [0.3, 0.4) is 0 Å². The van der Waals surface area contributed by atoms with Crippen LogP contribution in [0.4, 0.5) is 14.5 Å². The lowest BCUT2D eigenvalue weighted by Crippen LogP contribution is -2.20. The summed E-state index contributed by atoms with van der Waals surface area (Å²) in [5, 5.41) is 2.28. The van der Waals surface area contributed by atoms with Gasteiger partial charge in [-0.05, 0) is 42.8 Å². The number of anilines is 1. The molecule has 0 unspecified atom stereocenters. The third-order valence-electron chi connectivity index (χ3n) is 3.31. The summed E-state index contributed by atoms with van der Waals surface area (Å²) in [6.07, 6.45) is 0. The summed E-state index contributed by atoms with van der Waals surface area (Å²) >= 11 is 0. The Bertz CT molecular complexity index is 866. The number of rotatable bonds is 4. The van der Waals surface area contributed by atoms with Crippen LogP contribution in [0.25, 0.3) is 0 Å². The summed E-state index contributed by atoms with van der Waals surface area (Å²) in [7, 11) is 0. The molecular weight excluding hydrogens is 320 g/mol. The first-order valence-corrected chi connectivity index (χ1v) is 6.71. The molecule has 24 heavy (non-hydrogen) atoms. The van der Waals surface area contributed by atoms with Crippen LogP contribution in [0.15, 0.2) is 30.3 Å². The number of benzene rings is 2. The van der Waals surface area contributed by atoms with Crippen LogP contribution in [0.1, 0.15) is 36.6 Å². The lowest BCUT2D eigenvalue weighted by molar-refractivity contribution is 0.0992. The molecule has 8 heteroatoms. The fourth-order valence-electron chi connectivity index (χ4n) is 2.03. The second-order valence-corrected chi connectivity index (χ2v) is 5.02. The second kappa shape index (κ2) is 6.45. The van der Waals surface area contributed by atoms with Gasteiger partial charge < -0.3 is 16.8 Å². The maximum Gasteiger partial charge on any atom is 0.258 e. The Hall–Kier alpha value is -3.29. The van der Waals surface area contributed by atoms with E-state index in [9.17, 15) is 23.2 Å². The molecule has 0 bridgehead atoms. The van der Waals surface area contributed by atoms with Gasteiger partial charge in [0.2, 0.25) is 5.91 Å². The van der Waals surface area contributed by atoms with Crippen LogP contribution in [-0.4, -0.2) is 17.7 Å². The number of carbonyl (C=O) groups excluding carboxylic acids is 3. The van der Waals surface area contributed by atoms with E-state index in [1.54, 1.807) is 0 Å². The maximum atomic E-state index is 13.8. The fraction of sp³-hybridized carbons (Fsp3) is 0.0625. The zero-order valence-corrected chi connectivity index (χ0v) is 12.5. The molecule has 6 nitrogen and oxygen atoms in total. The van der Waals surface area contributed by atoms with Crippen LogP contribution in [0, 0.1) is 18.6 Å². The zero-order chi connectivity index (χ0) is 18.0. The van der Waals surface area contributed by atoms with Crippen molar-refractivity contribution in [1.82, 2.24) is 0 Å². The summed E-state index contributed by atoms with van der Waals surface area (Å²) in [6, 6.07) is 5.10. The first-order valence-electron chi connectivity index (χ1n) is 6.71. The minimum absolute atomic E-state index is 0.0630. The number of halogens is 2. The normalized spacial score (nSPS) is 10.3. The number of nitrogens with one attached hydrogen (secondary N) is 1. The highest BCUT2D eigenvalue weighted by atomic mass is 19.1. The molecule has 3 amide bonds. The summed E-state index contributed by atoms with van der Waals surface area (Å²) in [4.78, 5) is 34.8. The molecule has 0 saturated heterocycles. The van der Waals surface area contributed by atoms with Crippen molar-refractivity contribution in [2.75, 3.05) is 5.32 Å². The van der Waals surface area contributed by atoms with Gasteiger partial charge in [0.25, 0.3) is 11.8 Å². The predicted molar refractivity (Wildman–Crippen MR) is 82.5 cm³/mol.